The lowest BCUT2D eigenvalue weighted by molar-refractivity contribution is 0.0954. The second-order valence-electron chi connectivity index (χ2n) is 7.33. The molecule has 0 saturated heterocycles. The topological polar surface area (TPSA) is 76.2 Å². The number of hydrogen-bond acceptors (Lipinski definition) is 4. The van der Waals surface area contributed by atoms with E-state index in [1.807, 2.05) is 78.9 Å². The van der Waals surface area contributed by atoms with E-state index in [1.54, 1.807) is 14.2 Å². The second kappa shape index (κ2) is 9.83. The van der Waals surface area contributed by atoms with Gasteiger partial charge in [-0.05, 0) is 60.0 Å². The van der Waals surface area contributed by atoms with Gasteiger partial charge in [-0.25, -0.2) is 0 Å². The van der Waals surface area contributed by atoms with Crippen LogP contribution in [-0.2, 0) is 6.42 Å². The predicted octanol–water partition coefficient (Wildman–Crippen LogP) is 4.73. The van der Waals surface area contributed by atoms with Crippen molar-refractivity contribution in [3.8, 4) is 34.0 Å². The Morgan fingerprint density at radius 3 is 2.34 bits per heavy atom. The van der Waals surface area contributed by atoms with Gasteiger partial charge in [0.05, 0.1) is 25.6 Å². The lowest BCUT2D eigenvalue weighted by atomic mass is 10.1. The van der Waals surface area contributed by atoms with Crippen LogP contribution in [0.3, 0.4) is 0 Å². The van der Waals surface area contributed by atoms with Gasteiger partial charge in [0, 0.05) is 17.7 Å². The molecule has 0 aliphatic carbocycles. The van der Waals surface area contributed by atoms with Gasteiger partial charge in [0.15, 0.2) is 0 Å². The normalized spacial score (nSPS) is 10.6. The van der Waals surface area contributed by atoms with Crippen molar-refractivity contribution in [1.82, 2.24) is 15.5 Å². The first kappa shape index (κ1) is 21.2. The lowest BCUT2D eigenvalue weighted by Crippen LogP contribution is -2.25. The molecule has 2 N–H and O–H groups in total. The van der Waals surface area contributed by atoms with Crippen LogP contribution in [0.1, 0.15) is 15.9 Å². The average Bonchev–Trinajstić information content (AvgIpc) is 3.35. The van der Waals surface area contributed by atoms with E-state index in [2.05, 4.69) is 15.5 Å². The summed E-state index contributed by atoms with van der Waals surface area (Å²) in [6.07, 6.45) is 0.759. The molecule has 0 spiro atoms. The molecule has 0 radical (unpaired) electrons. The van der Waals surface area contributed by atoms with Crippen LogP contribution in [0.5, 0.6) is 11.5 Å². The van der Waals surface area contributed by atoms with Gasteiger partial charge in [0.2, 0.25) is 0 Å². The summed E-state index contributed by atoms with van der Waals surface area (Å²) in [5, 5.41) is 10.4. The van der Waals surface area contributed by atoms with Crippen LogP contribution in [0.15, 0.2) is 78.9 Å². The summed E-state index contributed by atoms with van der Waals surface area (Å²) >= 11 is 0. The number of amides is 1. The molecule has 3 aromatic carbocycles. The van der Waals surface area contributed by atoms with Crippen LogP contribution >= 0.6 is 0 Å². The molecule has 4 rings (SSSR count). The summed E-state index contributed by atoms with van der Waals surface area (Å²) in [4.78, 5) is 12.5. The lowest BCUT2D eigenvalue weighted by Gasteiger charge is -2.07. The van der Waals surface area contributed by atoms with E-state index in [-0.39, 0.29) is 5.91 Å². The smallest absolute Gasteiger partial charge is 0.251 e. The van der Waals surface area contributed by atoms with E-state index in [0.717, 1.165) is 46.0 Å². The molecule has 1 aromatic heterocycles. The van der Waals surface area contributed by atoms with E-state index in [9.17, 15) is 4.79 Å². The Bertz CT molecular complexity index is 1180. The molecule has 6 heteroatoms. The van der Waals surface area contributed by atoms with Gasteiger partial charge in [-0.2, -0.15) is 5.10 Å². The highest BCUT2D eigenvalue weighted by Crippen LogP contribution is 2.26. The number of hydrogen-bond donors (Lipinski definition) is 2. The number of rotatable bonds is 8. The van der Waals surface area contributed by atoms with Crippen LogP contribution in [0.4, 0.5) is 0 Å². The van der Waals surface area contributed by atoms with E-state index >= 15 is 0 Å². The highest BCUT2D eigenvalue weighted by atomic mass is 16.5. The van der Waals surface area contributed by atoms with Crippen molar-refractivity contribution < 1.29 is 14.3 Å². The first-order valence-electron chi connectivity index (χ1n) is 10.4. The molecule has 0 atom stereocenters. The average molecular weight is 428 g/mol. The van der Waals surface area contributed by atoms with Gasteiger partial charge >= 0.3 is 0 Å². The summed E-state index contributed by atoms with van der Waals surface area (Å²) < 4.78 is 10.4. The van der Waals surface area contributed by atoms with E-state index < -0.39 is 0 Å². The molecule has 0 fully saturated rings. The minimum Gasteiger partial charge on any atom is -0.497 e. The molecular weight excluding hydrogens is 402 g/mol. The number of nitrogens with one attached hydrogen (secondary N) is 2. The van der Waals surface area contributed by atoms with Crippen molar-refractivity contribution in [1.29, 1.82) is 0 Å². The molecule has 6 nitrogen and oxygen atoms in total. The number of nitrogens with zero attached hydrogens (tertiary/aromatic N) is 1. The standard InChI is InChI=1S/C26H25N3O3/c1-31-22-12-6-18(7-13-22)14-15-27-26(30)20-10-8-19(9-11-20)24-17-25(29-28-24)21-4-3-5-23(16-21)32-2/h3-13,16-17H,14-15H2,1-2H3,(H,27,30)(H,28,29). The maximum atomic E-state index is 12.5. The summed E-state index contributed by atoms with van der Waals surface area (Å²) in [6.45, 7) is 0.567. The minimum absolute atomic E-state index is 0.0910. The van der Waals surface area contributed by atoms with Crippen LogP contribution in [-0.4, -0.2) is 36.9 Å². The molecule has 0 saturated carbocycles. The van der Waals surface area contributed by atoms with Crippen molar-refractivity contribution in [2.45, 2.75) is 6.42 Å². The molecular formula is C26H25N3O3. The van der Waals surface area contributed by atoms with Crippen molar-refractivity contribution in [3.63, 3.8) is 0 Å². The molecule has 0 aliphatic rings. The van der Waals surface area contributed by atoms with E-state index in [1.165, 1.54) is 0 Å². The number of aromatic nitrogens is 2. The van der Waals surface area contributed by atoms with Crippen LogP contribution < -0.4 is 14.8 Å². The molecule has 1 heterocycles. The fourth-order valence-corrected chi connectivity index (χ4v) is 3.42. The summed E-state index contributed by atoms with van der Waals surface area (Å²) in [5.74, 6) is 1.52. The fraction of sp³-hybridized carbons (Fsp3) is 0.154. The molecule has 162 valence electrons. The highest BCUT2D eigenvalue weighted by molar-refractivity contribution is 5.94. The van der Waals surface area contributed by atoms with Gasteiger partial charge in [-0.15, -0.1) is 0 Å². The van der Waals surface area contributed by atoms with Crippen LogP contribution in [0.2, 0.25) is 0 Å². The third-order valence-corrected chi connectivity index (χ3v) is 5.26. The van der Waals surface area contributed by atoms with Gasteiger partial charge in [-0.3, -0.25) is 9.89 Å². The minimum atomic E-state index is -0.0910. The highest BCUT2D eigenvalue weighted by Gasteiger charge is 2.09. The van der Waals surface area contributed by atoms with E-state index in [4.69, 9.17) is 9.47 Å². The Labute approximate surface area is 187 Å². The number of carbonyl (C=O) groups excluding carboxylic acids is 1. The van der Waals surface area contributed by atoms with Crippen molar-refractivity contribution in [2.75, 3.05) is 20.8 Å². The first-order valence-corrected chi connectivity index (χ1v) is 10.4. The molecule has 32 heavy (non-hydrogen) atoms. The Balaban J connectivity index is 1.36. The molecule has 0 aliphatic heterocycles. The zero-order valence-electron chi connectivity index (χ0n) is 18.1. The number of ether oxygens (including phenoxy) is 2. The van der Waals surface area contributed by atoms with E-state index in [0.29, 0.717) is 12.1 Å². The van der Waals surface area contributed by atoms with Crippen molar-refractivity contribution in [3.05, 3.63) is 90.0 Å². The Kier molecular flexibility index (Phi) is 6.51. The van der Waals surface area contributed by atoms with Crippen LogP contribution in [0, 0.1) is 0 Å². The number of aromatic amines is 1. The van der Waals surface area contributed by atoms with Crippen LogP contribution in [0.25, 0.3) is 22.5 Å². The summed E-state index contributed by atoms with van der Waals surface area (Å²) in [6, 6.07) is 25.1. The Hall–Kier alpha value is -4.06. The molecule has 4 aromatic rings. The number of H-pyrrole nitrogens is 1. The number of benzene rings is 3. The molecule has 1 amide bonds. The monoisotopic (exact) mass is 427 g/mol. The third kappa shape index (κ3) is 4.98. The van der Waals surface area contributed by atoms with Gasteiger partial charge in [0.1, 0.15) is 11.5 Å². The Morgan fingerprint density at radius 2 is 1.62 bits per heavy atom. The largest absolute Gasteiger partial charge is 0.497 e. The maximum Gasteiger partial charge on any atom is 0.251 e. The summed E-state index contributed by atoms with van der Waals surface area (Å²) in [5.41, 5.74) is 5.42. The van der Waals surface area contributed by atoms with Crippen molar-refractivity contribution in [2.24, 2.45) is 0 Å². The second-order valence-corrected chi connectivity index (χ2v) is 7.33. The van der Waals surface area contributed by atoms with Gasteiger partial charge in [0.25, 0.3) is 5.91 Å². The Morgan fingerprint density at radius 1 is 0.875 bits per heavy atom. The fourth-order valence-electron chi connectivity index (χ4n) is 3.42. The quantitative estimate of drug-likeness (QED) is 0.426. The third-order valence-electron chi connectivity index (χ3n) is 5.26. The predicted molar refractivity (Wildman–Crippen MR) is 125 cm³/mol. The molecule has 0 unspecified atom stereocenters. The maximum absolute atomic E-state index is 12.5. The van der Waals surface area contributed by atoms with Gasteiger partial charge in [-0.1, -0.05) is 36.4 Å². The van der Waals surface area contributed by atoms with Crippen molar-refractivity contribution >= 4 is 5.91 Å². The number of carbonyl (C=O) groups is 1. The first-order chi connectivity index (χ1) is 15.7. The summed E-state index contributed by atoms with van der Waals surface area (Å²) in [7, 11) is 3.29. The van der Waals surface area contributed by atoms with Gasteiger partial charge < -0.3 is 14.8 Å². The zero-order valence-corrected chi connectivity index (χ0v) is 18.1. The molecule has 0 bridgehead atoms. The zero-order chi connectivity index (χ0) is 22.3. The number of methoxy groups -OCH3 is 2. The SMILES string of the molecule is COc1ccc(CCNC(=O)c2ccc(-c3cc(-c4cccc(OC)c4)n[nH]3)cc2)cc1.